The van der Waals surface area contributed by atoms with Crippen molar-refractivity contribution in [3.8, 4) is 0 Å². The number of hydrogen-bond donors (Lipinski definition) is 0. The standard InChI is InChI=1S/C9H12O2/c10-8-5-6-3-1-2-4-7(6)9(8)11/h6-7H,1-5H2. The van der Waals surface area contributed by atoms with Crippen LogP contribution in [0.5, 0.6) is 0 Å². The van der Waals surface area contributed by atoms with E-state index in [4.69, 9.17) is 0 Å². The van der Waals surface area contributed by atoms with Crippen LogP contribution in [0.15, 0.2) is 0 Å². The first-order chi connectivity index (χ1) is 5.29. The summed E-state index contributed by atoms with van der Waals surface area (Å²) >= 11 is 0. The van der Waals surface area contributed by atoms with Crippen molar-refractivity contribution in [3.63, 3.8) is 0 Å². The number of carbonyl (C=O) groups is 2. The van der Waals surface area contributed by atoms with Gasteiger partial charge in [-0.1, -0.05) is 12.8 Å². The van der Waals surface area contributed by atoms with Crippen LogP contribution in [-0.2, 0) is 9.59 Å². The molecule has 0 radical (unpaired) electrons. The maximum absolute atomic E-state index is 11.2. The third-order valence-corrected chi connectivity index (χ3v) is 2.97. The smallest absolute Gasteiger partial charge is 0.201 e. The molecule has 2 unspecified atom stereocenters. The monoisotopic (exact) mass is 152 g/mol. The SMILES string of the molecule is O=C1CC2CCCCC2C1=O. The van der Waals surface area contributed by atoms with Crippen molar-refractivity contribution in [2.45, 2.75) is 32.1 Å². The molecule has 60 valence electrons. The highest BCUT2D eigenvalue weighted by molar-refractivity contribution is 6.40. The molecule has 11 heavy (non-hydrogen) atoms. The molecule has 0 spiro atoms. The van der Waals surface area contributed by atoms with E-state index in [1.165, 1.54) is 6.42 Å². The molecule has 2 aliphatic rings. The Kier molecular flexibility index (Phi) is 1.55. The third kappa shape index (κ3) is 1.01. The van der Waals surface area contributed by atoms with Crippen LogP contribution >= 0.6 is 0 Å². The van der Waals surface area contributed by atoms with Gasteiger partial charge in [0.1, 0.15) is 0 Å². The summed E-state index contributed by atoms with van der Waals surface area (Å²) in [5.41, 5.74) is 0. The molecule has 0 aliphatic heterocycles. The van der Waals surface area contributed by atoms with Gasteiger partial charge in [0.2, 0.25) is 5.78 Å². The summed E-state index contributed by atoms with van der Waals surface area (Å²) in [7, 11) is 0. The topological polar surface area (TPSA) is 34.1 Å². The number of Topliss-reactive ketones (excluding diaryl/α,β-unsaturated/α-hetero) is 2. The molecule has 0 saturated heterocycles. The maximum Gasteiger partial charge on any atom is 0.201 e. The fraction of sp³-hybridized carbons (Fsp3) is 0.778. The second kappa shape index (κ2) is 2.43. The van der Waals surface area contributed by atoms with Crippen LogP contribution in [0, 0.1) is 11.8 Å². The van der Waals surface area contributed by atoms with Crippen LogP contribution in [0.1, 0.15) is 32.1 Å². The van der Waals surface area contributed by atoms with Crippen LogP contribution in [0.2, 0.25) is 0 Å². The Labute approximate surface area is 66.0 Å². The molecule has 0 heterocycles. The van der Waals surface area contributed by atoms with Crippen molar-refractivity contribution >= 4 is 11.6 Å². The summed E-state index contributed by atoms with van der Waals surface area (Å²) < 4.78 is 0. The van der Waals surface area contributed by atoms with E-state index in [1.54, 1.807) is 0 Å². The summed E-state index contributed by atoms with van der Waals surface area (Å²) in [5, 5.41) is 0. The molecule has 2 fully saturated rings. The lowest BCUT2D eigenvalue weighted by molar-refractivity contribution is -0.135. The number of rotatable bonds is 0. The molecule has 2 saturated carbocycles. The highest BCUT2D eigenvalue weighted by Gasteiger charge is 2.41. The zero-order valence-electron chi connectivity index (χ0n) is 6.51. The fourth-order valence-electron chi connectivity index (χ4n) is 2.34. The summed E-state index contributed by atoms with van der Waals surface area (Å²) in [5.74, 6) is 0.358. The maximum atomic E-state index is 11.2. The summed E-state index contributed by atoms with van der Waals surface area (Å²) in [6.07, 6.45) is 4.96. The van der Waals surface area contributed by atoms with Gasteiger partial charge >= 0.3 is 0 Å². The molecule has 2 rings (SSSR count). The number of fused-ring (bicyclic) bond motifs is 1. The third-order valence-electron chi connectivity index (χ3n) is 2.97. The average Bonchev–Trinajstić information content (AvgIpc) is 2.30. The minimum Gasteiger partial charge on any atom is -0.291 e. The van der Waals surface area contributed by atoms with Gasteiger partial charge in [0.15, 0.2) is 5.78 Å². The number of ketones is 2. The van der Waals surface area contributed by atoms with E-state index in [0.29, 0.717) is 12.3 Å². The fourth-order valence-corrected chi connectivity index (χ4v) is 2.34. The molecular formula is C9H12O2. The quantitative estimate of drug-likeness (QED) is 0.491. The Morgan fingerprint density at radius 1 is 1.09 bits per heavy atom. The predicted molar refractivity (Wildman–Crippen MR) is 40.1 cm³/mol. The minimum atomic E-state index is -0.109. The summed E-state index contributed by atoms with van der Waals surface area (Å²) in [6, 6.07) is 0. The summed E-state index contributed by atoms with van der Waals surface area (Å²) in [4.78, 5) is 22.2. The molecule has 0 aromatic rings. The molecule has 2 heteroatoms. The van der Waals surface area contributed by atoms with Crippen molar-refractivity contribution in [3.05, 3.63) is 0 Å². The van der Waals surface area contributed by atoms with Gasteiger partial charge in [-0.2, -0.15) is 0 Å². The Morgan fingerprint density at radius 2 is 1.82 bits per heavy atom. The Balaban J connectivity index is 2.18. The first kappa shape index (κ1) is 7.01. The lowest BCUT2D eigenvalue weighted by Gasteiger charge is -2.22. The van der Waals surface area contributed by atoms with Gasteiger partial charge in [-0.15, -0.1) is 0 Å². The highest BCUT2D eigenvalue weighted by atomic mass is 16.2. The van der Waals surface area contributed by atoms with E-state index >= 15 is 0 Å². The molecule has 0 amide bonds. The van der Waals surface area contributed by atoms with Gasteiger partial charge in [0.05, 0.1) is 0 Å². The van der Waals surface area contributed by atoms with Gasteiger partial charge in [-0.25, -0.2) is 0 Å². The minimum absolute atomic E-state index is 0.0744. The van der Waals surface area contributed by atoms with Crippen molar-refractivity contribution < 1.29 is 9.59 Å². The predicted octanol–water partition coefficient (Wildman–Crippen LogP) is 1.33. The van der Waals surface area contributed by atoms with E-state index in [1.807, 2.05) is 0 Å². The Hall–Kier alpha value is -0.660. The molecule has 2 atom stereocenters. The second-order valence-electron chi connectivity index (χ2n) is 3.64. The largest absolute Gasteiger partial charge is 0.291 e. The zero-order chi connectivity index (χ0) is 7.84. The molecule has 2 aliphatic carbocycles. The van der Waals surface area contributed by atoms with Crippen LogP contribution in [-0.4, -0.2) is 11.6 Å². The van der Waals surface area contributed by atoms with Crippen molar-refractivity contribution in [2.24, 2.45) is 11.8 Å². The van der Waals surface area contributed by atoms with Crippen LogP contribution in [0.25, 0.3) is 0 Å². The van der Waals surface area contributed by atoms with Gasteiger partial charge in [-0.3, -0.25) is 9.59 Å². The van der Waals surface area contributed by atoms with Gasteiger partial charge in [0, 0.05) is 12.3 Å². The van der Waals surface area contributed by atoms with Gasteiger partial charge in [-0.05, 0) is 18.8 Å². The molecule has 0 aromatic carbocycles. The van der Waals surface area contributed by atoms with Crippen molar-refractivity contribution in [1.29, 1.82) is 0 Å². The lowest BCUT2D eigenvalue weighted by Crippen LogP contribution is -2.20. The summed E-state index contributed by atoms with van der Waals surface area (Å²) in [6.45, 7) is 0. The zero-order valence-corrected chi connectivity index (χ0v) is 6.51. The Morgan fingerprint density at radius 3 is 2.55 bits per heavy atom. The number of hydrogen-bond acceptors (Lipinski definition) is 2. The van der Waals surface area contributed by atoms with Crippen LogP contribution < -0.4 is 0 Å². The lowest BCUT2D eigenvalue weighted by atomic mass is 9.81. The second-order valence-corrected chi connectivity index (χ2v) is 3.64. The normalized spacial score (nSPS) is 37.5. The first-order valence-corrected chi connectivity index (χ1v) is 4.36. The van der Waals surface area contributed by atoms with E-state index < -0.39 is 0 Å². The first-order valence-electron chi connectivity index (χ1n) is 4.36. The Bertz CT molecular complexity index is 208. The molecular weight excluding hydrogens is 140 g/mol. The van der Waals surface area contributed by atoms with Crippen molar-refractivity contribution in [2.75, 3.05) is 0 Å². The number of carbonyl (C=O) groups excluding carboxylic acids is 2. The van der Waals surface area contributed by atoms with Crippen LogP contribution in [0.4, 0.5) is 0 Å². The van der Waals surface area contributed by atoms with E-state index in [2.05, 4.69) is 0 Å². The molecule has 0 aromatic heterocycles. The van der Waals surface area contributed by atoms with Gasteiger partial charge in [0.25, 0.3) is 0 Å². The van der Waals surface area contributed by atoms with E-state index in [0.717, 1.165) is 19.3 Å². The molecule has 0 bridgehead atoms. The van der Waals surface area contributed by atoms with Crippen LogP contribution in [0.3, 0.4) is 0 Å². The van der Waals surface area contributed by atoms with E-state index in [9.17, 15) is 9.59 Å². The van der Waals surface area contributed by atoms with Gasteiger partial charge < -0.3 is 0 Å². The highest BCUT2D eigenvalue weighted by Crippen LogP contribution is 2.38. The van der Waals surface area contributed by atoms with E-state index in [-0.39, 0.29) is 17.5 Å². The molecule has 0 N–H and O–H groups in total. The molecule has 2 nitrogen and oxygen atoms in total. The van der Waals surface area contributed by atoms with Crippen molar-refractivity contribution in [1.82, 2.24) is 0 Å². The average molecular weight is 152 g/mol.